The summed E-state index contributed by atoms with van der Waals surface area (Å²) in [4.78, 5) is 29.4. The molecule has 26 heavy (non-hydrogen) atoms. The van der Waals surface area contributed by atoms with E-state index in [4.69, 9.17) is 5.26 Å². The van der Waals surface area contributed by atoms with Crippen LogP contribution in [0.3, 0.4) is 0 Å². The van der Waals surface area contributed by atoms with Gasteiger partial charge in [0.1, 0.15) is 5.69 Å². The van der Waals surface area contributed by atoms with E-state index in [0.29, 0.717) is 29.4 Å². The summed E-state index contributed by atoms with van der Waals surface area (Å²) in [6, 6.07) is 18.0. The van der Waals surface area contributed by atoms with Crippen molar-refractivity contribution in [3.8, 4) is 6.07 Å². The maximum Gasteiger partial charge on any atom is 0.270 e. The van der Waals surface area contributed by atoms with Gasteiger partial charge in [0.2, 0.25) is 0 Å². The van der Waals surface area contributed by atoms with E-state index in [1.807, 2.05) is 12.1 Å². The van der Waals surface area contributed by atoms with Crippen LogP contribution in [-0.2, 0) is 6.54 Å². The van der Waals surface area contributed by atoms with Crippen LogP contribution in [0.2, 0.25) is 0 Å². The summed E-state index contributed by atoms with van der Waals surface area (Å²) in [6.07, 6.45) is 1.63. The summed E-state index contributed by atoms with van der Waals surface area (Å²) in [5, 5.41) is 10.3. The quantitative estimate of drug-likeness (QED) is 0.723. The van der Waals surface area contributed by atoms with E-state index >= 15 is 0 Å². The third-order valence-electron chi connectivity index (χ3n) is 4.05. The van der Waals surface area contributed by atoms with Crippen molar-refractivity contribution in [2.75, 3.05) is 6.54 Å². The number of carbonyl (C=O) groups is 1. The van der Waals surface area contributed by atoms with Crippen LogP contribution in [0.15, 0.2) is 72.0 Å². The molecular weight excluding hydrogens is 326 g/mol. The van der Waals surface area contributed by atoms with E-state index in [2.05, 4.69) is 17.6 Å². The highest BCUT2D eigenvalue weighted by molar-refractivity contribution is 5.96. The molecule has 1 N–H and O–H groups in total. The number of aromatic nitrogens is 1. The van der Waals surface area contributed by atoms with Crippen LogP contribution in [0.1, 0.15) is 21.6 Å². The summed E-state index contributed by atoms with van der Waals surface area (Å²) in [6.45, 7) is 4.34. The van der Waals surface area contributed by atoms with E-state index in [9.17, 15) is 9.59 Å². The Morgan fingerprint density at radius 3 is 2.77 bits per heavy atom. The first kappa shape index (κ1) is 17.2. The molecular formula is C21H17N3O2. The van der Waals surface area contributed by atoms with Gasteiger partial charge in [-0.05, 0) is 35.2 Å². The molecule has 3 aromatic rings. The molecule has 0 aliphatic carbocycles. The number of nitrogens with one attached hydrogen (secondary N) is 1. The lowest BCUT2D eigenvalue weighted by Gasteiger charge is -2.21. The zero-order valence-corrected chi connectivity index (χ0v) is 14.1. The Bertz CT molecular complexity index is 1080. The van der Waals surface area contributed by atoms with Gasteiger partial charge in [-0.1, -0.05) is 36.4 Å². The van der Waals surface area contributed by atoms with Crippen LogP contribution in [0.5, 0.6) is 0 Å². The van der Waals surface area contributed by atoms with Crippen LogP contribution < -0.4 is 5.56 Å². The van der Waals surface area contributed by atoms with Crippen LogP contribution in [0, 0.1) is 11.3 Å². The molecule has 1 heterocycles. The summed E-state index contributed by atoms with van der Waals surface area (Å²) in [5.41, 5.74) is 1.30. The minimum absolute atomic E-state index is 0.229. The Morgan fingerprint density at radius 1 is 1.19 bits per heavy atom. The molecule has 1 amide bonds. The molecule has 0 unspecified atom stereocenters. The highest BCUT2D eigenvalue weighted by Gasteiger charge is 2.17. The monoisotopic (exact) mass is 343 g/mol. The number of H-pyrrole nitrogens is 1. The summed E-state index contributed by atoms with van der Waals surface area (Å²) < 4.78 is 0. The summed E-state index contributed by atoms with van der Waals surface area (Å²) in [5.74, 6) is -0.296. The van der Waals surface area contributed by atoms with Crippen LogP contribution in [-0.4, -0.2) is 22.3 Å². The molecule has 1 aromatic heterocycles. The zero-order valence-electron chi connectivity index (χ0n) is 14.1. The molecule has 0 saturated heterocycles. The fourth-order valence-electron chi connectivity index (χ4n) is 2.83. The van der Waals surface area contributed by atoms with Gasteiger partial charge in [0.15, 0.2) is 0 Å². The Hall–Kier alpha value is -3.65. The Labute approximate surface area is 150 Å². The van der Waals surface area contributed by atoms with Gasteiger partial charge < -0.3 is 9.88 Å². The second-order valence-electron chi connectivity index (χ2n) is 5.89. The first-order valence-corrected chi connectivity index (χ1v) is 8.13. The van der Waals surface area contributed by atoms with Crippen LogP contribution in [0.4, 0.5) is 0 Å². The van der Waals surface area contributed by atoms with Crippen molar-refractivity contribution in [2.45, 2.75) is 6.54 Å². The number of rotatable bonds is 5. The number of benzene rings is 2. The molecule has 0 fully saturated rings. The molecule has 0 atom stereocenters. The molecule has 3 rings (SSSR count). The molecule has 128 valence electrons. The number of fused-ring (bicyclic) bond motifs is 1. The molecule has 0 bridgehead atoms. The van der Waals surface area contributed by atoms with Crippen molar-refractivity contribution in [3.63, 3.8) is 0 Å². The lowest BCUT2D eigenvalue weighted by atomic mass is 10.1. The first-order chi connectivity index (χ1) is 12.6. The fraction of sp³-hybridized carbons (Fsp3) is 0.0952. The number of pyridine rings is 1. The van der Waals surface area contributed by atoms with Gasteiger partial charge in [-0.2, -0.15) is 5.26 Å². The average molecular weight is 343 g/mol. The number of aromatic amines is 1. The fourth-order valence-corrected chi connectivity index (χ4v) is 2.83. The average Bonchev–Trinajstić information content (AvgIpc) is 2.67. The topological polar surface area (TPSA) is 77.0 Å². The molecule has 0 radical (unpaired) electrons. The van der Waals surface area contributed by atoms with Crippen molar-refractivity contribution in [1.29, 1.82) is 5.26 Å². The summed E-state index contributed by atoms with van der Waals surface area (Å²) >= 11 is 0. The maximum absolute atomic E-state index is 12.9. The van der Waals surface area contributed by atoms with Crippen molar-refractivity contribution < 1.29 is 4.79 Å². The predicted octanol–water partition coefficient (Wildman–Crippen LogP) is 3.23. The smallest absolute Gasteiger partial charge is 0.270 e. The lowest BCUT2D eigenvalue weighted by molar-refractivity contribution is 0.0756. The van der Waals surface area contributed by atoms with E-state index in [-0.39, 0.29) is 17.2 Å². The van der Waals surface area contributed by atoms with Gasteiger partial charge in [0.05, 0.1) is 11.6 Å². The van der Waals surface area contributed by atoms with E-state index < -0.39 is 0 Å². The largest absolute Gasteiger partial charge is 0.329 e. The number of carbonyl (C=O) groups excluding carboxylic acids is 1. The van der Waals surface area contributed by atoms with Gasteiger partial charge in [0.25, 0.3) is 11.5 Å². The maximum atomic E-state index is 12.9. The van der Waals surface area contributed by atoms with Gasteiger partial charge in [-0.15, -0.1) is 6.58 Å². The Balaban J connectivity index is 1.95. The number of amides is 1. The minimum Gasteiger partial charge on any atom is -0.329 e. The van der Waals surface area contributed by atoms with Crippen LogP contribution in [0.25, 0.3) is 10.8 Å². The normalized spacial score (nSPS) is 10.3. The third-order valence-corrected chi connectivity index (χ3v) is 4.05. The van der Waals surface area contributed by atoms with Gasteiger partial charge in [-0.25, -0.2) is 0 Å². The standard InChI is InChI=1S/C21H17N3O2/c1-2-10-24(14-16-7-5-6-15(11-16)13-22)21(26)19-12-17-8-3-4-9-18(17)20(25)23-19/h2-9,11-12H,1,10,14H2,(H,23,25). The molecule has 0 aliphatic rings. The number of nitriles is 1. The number of hydrogen-bond acceptors (Lipinski definition) is 3. The number of hydrogen-bond donors (Lipinski definition) is 1. The highest BCUT2D eigenvalue weighted by Crippen LogP contribution is 2.14. The van der Waals surface area contributed by atoms with Crippen molar-refractivity contribution in [2.24, 2.45) is 0 Å². The van der Waals surface area contributed by atoms with Gasteiger partial charge >= 0.3 is 0 Å². The SMILES string of the molecule is C=CCN(Cc1cccc(C#N)c1)C(=O)c1cc2ccccc2c(=O)[nH]1. The highest BCUT2D eigenvalue weighted by atomic mass is 16.2. The second kappa shape index (κ2) is 7.49. The van der Waals surface area contributed by atoms with Crippen LogP contribution >= 0.6 is 0 Å². The Kier molecular flexibility index (Phi) is 4.95. The first-order valence-electron chi connectivity index (χ1n) is 8.13. The lowest BCUT2D eigenvalue weighted by Crippen LogP contribution is -2.32. The molecule has 5 heteroatoms. The molecule has 2 aromatic carbocycles. The molecule has 0 spiro atoms. The van der Waals surface area contributed by atoms with Crippen molar-refractivity contribution in [3.05, 3.63) is 94.4 Å². The second-order valence-corrected chi connectivity index (χ2v) is 5.89. The minimum atomic E-state index is -0.296. The predicted molar refractivity (Wildman–Crippen MR) is 101 cm³/mol. The third kappa shape index (κ3) is 3.55. The molecule has 0 aliphatic heterocycles. The van der Waals surface area contributed by atoms with E-state index in [1.54, 1.807) is 53.4 Å². The van der Waals surface area contributed by atoms with E-state index in [0.717, 1.165) is 5.56 Å². The number of nitrogens with zero attached hydrogens (tertiary/aromatic N) is 2. The van der Waals surface area contributed by atoms with E-state index in [1.165, 1.54) is 0 Å². The Morgan fingerprint density at radius 2 is 2.00 bits per heavy atom. The van der Waals surface area contributed by atoms with Gasteiger partial charge in [-0.3, -0.25) is 9.59 Å². The zero-order chi connectivity index (χ0) is 18.5. The summed E-state index contributed by atoms with van der Waals surface area (Å²) in [7, 11) is 0. The molecule has 0 saturated carbocycles. The van der Waals surface area contributed by atoms with Crippen molar-refractivity contribution in [1.82, 2.24) is 9.88 Å². The molecule has 5 nitrogen and oxygen atoms in total. The van der Waals surface area contributed by atoms with Crippen molar-refractivity contribution >= 4 is 16.7 Å². The van der Waals surface area contributed by atoms with Gasteiger partial charge in [0, 0.05) is 18.5 Å².